The van der Waals surface area contributed by atoms with E-state index in [9.17, 15) is 8.42 Å². The predicted molar refractivity (Wildman–Crippen MR) is 81.7 cm³/mol. The number of nitrogens with zero attached hydrogens (tertiary/aromatic N) is 1. The van der Waals surface area contributed by atoms with Crippen LogP contribution in [-0.2, 0) is 10.2 Å². The zero-order valence-electron chi connectivity index (χ0n) is 12.8. The molecule has 20 heavy (non-hydrogen) atoms. The van der Waals surface area contributed by atoms with Gasteiger partial charge in [0, 0.05) is 25.7 Å². The molecule has 2 N–H and O–H groups in total. The van der Waals surface area contributed by atoms with E-state index in [1.807, 2.05) is 0 Å². The van der Waals surface area contributed by atoms with E-state index in [4.69, 9.17) is 0 Å². The molecule has 6 heteroatoms. The third-order valence-corrected chi connectivity index (χ3v) is 6.08. The van der Waals surface area contributed by atoms with Crippen molar-refractivity contribution in [3.63, 3.8) is 0 Å². The Morgan fingerprint density at radius 1 is 1.05 bits per heavy atom. The molecule has 0 aromatic rings. The predicted octanol–water partition coefficient (Wildman–Crippen LogP) is 1.33. The molecular weight excluding hydrogens is 274 g/mol. The molecule has 1 aliphatic heterocycles. The van der Waals surface area contributed by atoms with Gasteiger partial charge < -0.3 is 5.32 Å². The first-order chi connectivity index (χ1) is 9.47. The second kappa shape index (κ2) is 7.20. The van der Waals surface area contributed by atoms with Crippen LogP contribution in [0.4, 0.5) is 0 Å². The maximum absolute atomic E-state index is 12.2. The third kappa shape index (κ3) is 4.69. The van der Waals surface area contributed by atoms with E-state index in [2.05, 4.69) is 23.9 Å². The fourth-order valence-electron chi connectivity index (χ4n) is 2.77. The van der Waals surface area contributed by atoms with E-state index in [1.165, 1.54) is 19.3 Å². The maximum atomic E-state index is 12.2. The topological polar surface area (TPSA) is 61.4 Å². The molecule has 0 bridgehead atoms. The Balaban J connectivity index is 1.71. The molecule has 0 unspecified atom stereocenters. The Kier molecular flexibility index (Phi) is 5.84. The van der Waals surface area contributed by atoms with Gasteiger partial charge in [-0.1, -0.05) is 20.3 Å². The molecule has 1 saturated heterocycles. The second-order valence-electron chi connectivity index (χ2n) is 6.56. The van der Waals surface area contributed by atoms with Crippen molar-refractivity contribution in [1.82, 2.24) is 14.3 Å². The molecule has 0 aromatic carbocycles. The van der Waals surface area contributed by atoms with Crippen molar-refractivity contribution in [2.24, 2.45) is 11.8 Å². The molecule has 1 aliphatic carbocycles. The number of rotatable bonds is 7. The molecule has 0 amide bonds. The van der Waals surface area contributed by atoms with Gasteiger partial charge >= 0.3 is 0 Å². The van der Waals surface area contributed by atoms with Gasteiger partial charge in [0.05, 0.1) is 0 Å². The molecule has 5 nitrogen and oxygen atoms in total. The summed E-state index contributed by atoms with van der Waals surface area (Å²) in [5, 5.41) is 3.44. The van der Waals surface area contributed by atoms with Crippen LogP contribution in [0.3, 0.4) is 0 Å². The fraction of sp³-hybridized carbons (Fsp3) is 1.00. The summed E-state index contributed by atoms with van der Waals surface area (Å²) in [5.41, 5.74) is 0. The zero-order valence-corrected chi connectivity index (χ0v) is 13.6. The summed E-state index contributed by atoms with van der Waals surface area (Å²) in [7, 11) is -3.25. The first-order valence-electron chi connectivity index (χ1n) is 7.95. The average molecular weight is 303 g/mol. The van der Waals surface area contributed by atoms with Crippen molar-refractivity contribution in [2.75, 3.05) is 26.2 Å². The zero-order chi connectivity index (χ0) is 14.6. The van der Waals surface area contributed by atoms with Crippen LogP contribution in [0.15, 0.2) is 0 Å². The highest BCUT2D eigenvalue weighted by Gasteiger charge is 2.29. The lowest BCUT2D eigenvalue weighted by atomic mass is 9.86. The molecular formula is C14H29N3O2S. The summed E-state index contributed by atoms with van der Waals surface area (Å²) >= 11 is 0. The minimum atomic E-state index is -3.25. The van der Waals surface area contributed by atoms with E-state index in [1.54, 1.807) is 4.31 Å². The highest BCUT2D eigenvalue weighted by atomic mass is 32.2. The average Bonchev–Trinajstić information content (AvgIpc) is 2.35. The first kappa shape index (κ1) is 16.2. The summed E-state index contributed by atoms with van der Waals surface area (Å²) < 4.78 is 28.8. The molecule has 2 fully saturated rings. The normalized spacial score (nSPS) is 23.1. The van der Waals surface area contributed by atoms with Crippen LogP contribution in [0.5, 0.6) is 0 Å². The van der Waals surface area contributed by atoms with Gasteiger partial charge in [0.2, 0.25) is 0 Å². The van der Waals surface area contributed by atoms with Crippen LogP contribution in [0.1, 0.15) is 46.0 Å². The molecule has 2 rings (SSSR count). The van der Waals surface area contributed by atoms with Crippen LogP contribution in [-0.4, -0.2) is 44.9 Å². The quantitative estimate of drug-likeness (QED) is 0.746. The van der Waals surface area contributed by atoms with Gasteiger partial charge in [-0.15, -0.1) is 0 Å². The molecule has 118 valence electrons. The Morgan fingerprint density at radius 2 is 1.65 bits per heavy atom. The number of piperidine rings is 1. The van der Waals surface area contributed by atoms with Crippen molar-refractivity contribution in [2.45, 2.75) is 52.0 Å². The van der Waals surface area contributed by atoms with E-state index in [0.29, 0.717) is 37.5 Å². The Bertz CT molecular complexity index is 385. The van der Waals surface area contributed by atoms with Gasteiger partial charge in [0.15, 0.2) is 0 Å². The van der Waals surface area contributed by atoms with Gasteiger partial charge in [-0.25, -0.2) is 4.72 Å². The summed E-state index contributed by atoms with van der Waals surface area (Å²) in [6.45, 7) is 7.22. The largest absolute Gasteiger partial charge is 0.314 e. The summed E-state index contributed by atoms with van der Waals surface area (Å²) in [6.07, 6.45) is 5.52. The van der Waals surface area contributed by atoms with Crippen molar-refractivity contribution in [3.05, 3.63) is 0 Å². The lowest BCUT2D eigenvalue weighted by Crippen LogP contribution is -2.47. The van der Waals surface area contributed by atoms with Gasteiger partial charge in [-0.3, -0.25) is 0 Å². The standard InChI is InChI=1S/C14H29N3O2S/c1-12(2)15-10-14-6-8-17(9-7-14)20(18,19)16-11-13-4-3-5-13/h12-16H,3-11H2,1-2H3. The Morgan fingerprint density at radius 3 is 2.15 bits per heavy atom. The van der Waals surface area contributed by atoms with Crippen LogP contribution in [0.25, 0.3) is 0 Å². The molecule has 0 spiro atoms. The fourth-order valence-corrected chi connectivity index (χ4v) is 4.09. The number of hydrogen-bond acceptors (Lipinski definition) is 3. The number of nitrogens with one attached hydrogen (secondary N) is 2. The Hall–Kier alpha value is -0.170. The number of hydrogen-bond donors (Lipinski definition) is 2. The second-order valence-corrected chi connectivity index (χ2v) is 8.31. The molecule has 0 aromatic heterocycles. The van der Waals surface area contributed by atoms with Crippen LogP contribution in [0.2, 0.25) is 0 Å². The molecule has 1 heterocycles. The molecule has 0 radical (unpaired) electrons. The highest BCUT2D eigenvalue weighted by molar-refractivity contribution is 7.87. The van der Waals surface area contributed by atoms with Gasteiger partial charge in [-0.05, 0) is 44.1 Å². The molecule has 1 saturated carbocycles. The summed E-state index contributed by atoms with van der Waals surface area (Å²) in [6, 6.07) is 0.501. The van der Waals surface area contributed by atoms with Crippen molar-refractivity contribution in [3.8, 4) is 0 Å². The van der Waals surface area contributed by atoms with E-state index < -0.39 is 10.2 Å². The van der Waals surface area contributed by atoms with Crippen LogP contribution in [0, 0.1) is 11.8 Å². The van der Waals surface area contributed by atoms with Gasteiger partial charge in [0.1, 0.15) is 0 Å². The molecule has 2 aliphatic rings. The Labute approximate surface area is 123 Å². The van der Waals surface area contributed by atoms with Crippen molar-refractivity contribution in [1.29, 1.82) is 0 Å². The van der Waals surface area contributed by atoms with Crippen molar-refractivity contribution < 1.29 is 8.42 Å². The lowest BCUT2D eigenvalue weighted by molar-refractivity contribution is 0.258. The van der Waals surface area contributed by atoms with E-state index >= 15 is 0 Å². The monoisotopic (exact) mass is 303 g/mol. The third-order valence-electron chi connectivity index (χ3n) is 4.51. The van der Waals surface area contributed by atoms with Gasteiger partial charge in [-0.2, -0.15) is 12.7 Å². The van der Waals surface area contributed by atoms with E-state index in [0.717, 1.165) is 19.4 Å². The maximum Gasteiger partial charge on any atom is 0.279 e. The first-order valence-corrected chi connectivity index (χ1v) is 9.39. The van der Waals surface area contributed by atoms with Gasteiger partial charge in [0.25, 0.3) is 10.2 Å². The SMILES string of the molecule is CC(C)NCC1CCN(S(=O)(=O)NCC2CCC2)CC1. The highest BCUT2D eigenvalue weighted by Crippen LogP contribution is 2.26. The molecule has 0 atom stereocenters. The summed E-state index contributed by atoms with van der Waals surface area (Å²) in [4.78, 5) is 0. The van der Waals surface area contributed by atoms with Crippen LogP contribution >= 0.6 is 0 Å². The minimum absolute atomic E-state index is 0.501. The lowest BCUT2D eigenvalue weighted by Gasteiger charge is -2.33. The smallest absolute Gasteiger partial charge is 0.279 e. The van der Waals surface area contributed by atoms with Crippen LogP contribution < -0.4 is 10.0 Å². The minimum Gasteiger partial charge on any atom is -0.314 e. The summed E-state index contributed by atoms with van der Waals surface area (Å²) in [5.74, 6) is 1.17. The van der Waals surface area contributed by atoms with Crippen molar-refractivity contribution >= 4 is 10.2 Å². The van der Waals surface area contributed by atoms with E-state index in [-0.39, 0.29) is 0 Å².